The monoisotopic (exact) mass is 313 g/mol. The molecular formula is C16H19N5O2. The fraction of sp³-hybridized carbons (Fsp3) is 0.500. The smallest absolute Gasteiger partial charge is 0.233 e. The van der Waals surface area contributed by atoms with Gasteiger partial charge in [-0.05, 0) is 32.8 Å². The molecule has 0 aliphatic heterocycles. The van der Waals surface area contributed by atoms with E-state index < -0.39 is 11.0 Å². The number of aliphatic hydroxyl groups is 1. The summed E-state index contributed by atoms with van der Waals surface area (Å²) < 4.78 is 1.78. The lowest BCUT2D eigenvalue weighted by Crippen LogP contribution is -2.36. The van der Waals surface area contributed by atoms with Gasteiger partial charge in [0.2, 0.25) is 5.91 Å². The third-order valence-corrected chi connectivity index (χ3v) is 4.23. The second-order valence-electron chi connectivity index (χ2n) is 6.44. The molecule has 0 unspecified atom stereocenters. The van der Waals surface area contributed by atoms with Crippen LogP contribution in [0, 0.1) is 11.3 Å². The molecule has 2 aromatic heterocycles. The number of aromatic nitrogens is 3. The van der Waals surface area contributed by atoms with E-state index in [9.17, 15) is 9.90 Å². The normalized spacial score (nSPS) is 16.1. The lowest BCUT2D eigenvalue weighted by atomic mass is 9.99. The van der Waals surface area contributed by atoms with Crippen LogP contribution in [0.25, 0.3) is 5.65 Å². The van der Waals surface area contributed by atoms with Crippen LogP contribution in [-0.2, 0) is 15.8 Å². The van der Waals surface area contributed by atoms with Crippen molar-refractivity contribution in [3.63, 3.8) is 0 Å². The van der Waals surface area contributed by atoms with Crippen LogP contribution in [0.3, 0.4) is 0 Å². The number of carbonyl (C=O) groups excluding carboxylic acids is 1. The van der Waals surface area contributed by atoms with Crippen molar-refractivity contribution in [2.75, 3.05) is 6.54 Å². The molecule has 7 nitrogen and oxygen atoms in total. The third kappa shape index (κ3) is 2.55. The number of hydrogen-bond donors (Lipinski definition) is 2. The van der Waals surface area contributed by atoms with Crippen molar-refractivity contribution < 1.29 is 9.90 Å². The highest BCUT2D eigenvalue weighted by Crippen LogP contribution is 2.47. The van der Waals surface area contributed by atoms with E-state index in [1.54, 1.807) is 24.3 Å². The van der Waals surface area contributed by atoms with Gasteiger partial charge in [-0.2, -0.15) is 5.26 Å². The fourth-order valence-electron chi connectivity index (χ4n) is 2.80. The first-order valence-corrected chi connectivity index (χ1v) is 7.62. The van der Waals surface area contributed by atoms with Gasteiger partial charge in [-0.15, -0.1) is 10.2 Å². The van der Waals surface area contributed by atoms with E-state index in [0.717, 1.165) is 0 Å². The molecule has 0 radical (unpaired) electrons. The maximum atomic E-state index is 12.5. The lowest BCUT2D eigenvalue weighted by molar-refractivity contribution is -0.123. The average molecular weight is 313 g/mol. The van der Waals surface area contributed by atoms with Gasteiger partial charge in [0.15, 0.2) is 11.5 Å². The maximum Gasteiger partial charge on any atom is 0.233 e. The Morgan fingerprint density at radius 1 is 1.52 bits per heavy atom. The summed E-state index contributed by atoms with van der Waals surface area (Å²) in [5.74, 6) is 0.476. The number of hydrogen-bond acceptors (Lipinski definition) is 5. The summed E-state index contributed by atoms with van der Waals surface area (Å²) in [6.07, 6.45) is 3.51. The van der Waals surface area contributed by atoms with Crippen LogP contribution < -0.4 is 5.32 Å². The Kier molecular flexibility index (Phi) is 3.57. The molecule has 7 heteroatoms. The molecule has 1 aliphatic carbocycles. The molecule has 23 heavy (non-hydrogen) atoms. The summed E-state index contributed by atoms with van der Waals surface area (Å²) in [6, 6.07) is 5.63. The van der Waals surface area contributed by atoms with Gasteiger partial charge in [0.05, 0.1) is 18.1 Å². The van der Waals surface area contributed by atoms with E-state index in [-0.39, 0.29) is 12.3 Å². The molecule has 0 saturated heterocycles. The van der Waals surface area contributed by atoms with Gasteiger partial charge in [0, 0.05) is 18.3 Å². The summed E-state index contributed by atoms with van der Waals surface area (Å²) in [4.78, 5) is 12.5. The van der Waals surface area contributed by atoms with Gasteiger partial charge in [-0.3, -0.25) is 9.20 Å². The van der Waals surface area contributed by atoms with Crippen LogP contribution in [0.4, 0.5) is 0 Å². The minimum absolute atomic E-state index is 0.115. The Morgan fingerprint density at radius 3 is 2.87 bits per heavy atom. The van der Waals surface area contributed by atoms with E-state index in [0.29, 0.717) is 36.4 Å². The number of nitrogens with one attached hydrogen (secondary N) is 1. The summed E-state index contributed by atoms with van der Waals surface area (Å²) in [7, 11) is 0. The van der Waals surface area contributed by atoms with E-state index in [1.807, 2.05) is 18.3 Å². The Balaban J connectivity index is 1.98. The van der Waals surface area contributed by atoms with Crippen molar-refractivity contribution in [2.24, 2.45) is 0 Å². The maximum absolute atomic E-state index is 12.5. The van der Waals surface area contributed by atoms with E-state index in [2.05, 4.69) is 15.5 Å². The van der Waals surface area contributed by atoms with Crippen molar-refractivity contribution in [1.82, 2.24) is 19.9 Å². The van der Waals surface area contributed by atoms with Gasteiger partial charge in [0.1, 0.15) is 5.41 Å². The first kappa shape index (κ1) is 15.4. The molecule has 2 N–H and O–H groups in total. The molecule has 0 spiro atoms. The van der Waals surface area contributed by atoms with E-state index in [1.165, 1.54) is 0 Å². The molecule has 0 bridgehead atoms. The van der Waals surface area contributed by atoms with Crippen molar-refractivity contribution in [2.45, 2.75) is 44.1 Å². The van der Waals surface area contributed by atoms with Crippen LogP contribution in [0.15, 0.2) is 18.3 Å². The van der Waals surface area contributed by atoms with Crippen LogP contribution in [-0.4, -0.2) is 32.2 Å². The third-order valence-electron chi connectivity index (χ3n) is 4.23. The van der Waals surface area contributed by atoms with E-state index in [4.69, 9.17) is 5.26 Å². The minimum Gasteiger partial charge on any atom is -0.386 e. The molecular weight excluding hydrogens is 294 g/mol. The van der Waals surface area contributed by atoms with Gasteiger partial charge in [0.25, 0.3) is 0 Å². The number of nitrogens with zero attached hydrogens (tertiary/aromatic N) is 4. The molecule has 1 amide bonds. The molecule has 2 heterocycles. The quantitative estimate of drug-likeness (QED) is 0.802. The topological polar surface area (TPSA) is 103 Å². The van der Waals surface area contributed by atoms with Gasteiger partial charge in [-0.25, -0.2) is 0 Å². The number of amides is 1. The summed E-state index contributed by atoms with van der Waals surface area (Å²) in [5.41, 5.74) is -0.489. The first-order valence-electron chi connectivity index (χ1n) is 7.62. The molecule has 1 fully saturated rings. The molecule has 120 valence electrons. The molecule has 1 saturated carbocycles. The van der Waals surface area contributed by atoms with Crippen LogP contribution >= 0.6 is 0 Å². The van der Waals surface area contributed by atoms with Crippen molar-refractivity contribution in [1.29, 1.82) is 5.26 Å². The molecule has 1 aliphatic rings. The van der Waals surface area contributed by atoms with Gasteiger partial charge in [-0.1, -0.05) is 6.07 Å². The number of rotatable bonds is 5. The number of nitriles is 1. The second-order valence-corrected chi connectivity index (χ2v) is 6.44. The van der Waals surface area contributed by atoms with Crippen LogP contribution in [0.1, 0.15) is 44.5 Å². The summed E-state index contributed by atoms with van der Waals surface area (Å²) >= 11 is 0. The Hall–Kier alpha value is -2.46. The Morgan fingerprint density at radius 2 is 2.26 bits per heavy atom. The predicted molar refractivity (Wildman–Crippen MR) is 82.4 cm³/mol. The highest BCUT2D eigenvalue weighted by atomic mass is 16.3. The zero-order valence-electron chi connectivity index (χ0n) is 13.2. The Labute approximate surface area is 133 Å². The Bertz CT molecular complexity index is 793. The molecule has 3 rings (SSSR count). The first-order chi connectivity index (χ1) is 10.9. The highest BCUT2D eigenvalue weighted by molar-refractivity contribution is 5.90. The predicted octanol–water partition coefficient (Wildman–Crippen LogP) is 1.02. The standard InChI is InChI=1S/C16H19N5O2/c1-15(2,23)11-5-3-10-21-12(11)19-20-13(21)16(6-7-16)14(22)18-9-4-8-17/h3,5,10,23H,4,6-7,9H2,1-2H3,(H,18,22). The van der Waals surface area contributed by atoms with Gasteiger partial charge < -0.3 is 10.4 Å². The minimum atomic E-state index is -1.04. The van der Waals surface area contributed by atoms with Crippen molar-refractivity contribution in [3.8, 4) is 6.07 Å². The van der Waals surface area contributed by atoms with Crippen LogP contribution in [0.2, 0.25) is 0 Å². The van der Waals surface area contributed by atoms with E-state index >= 15 is 0 Å². The SMILES string of the molecule is CC(C)(O)c1cccn2c(C3(C(=O)NCCC#N)CC3)nnc12. The van der Waals surface area contributed by atoms with Crippen molar-refractivity contribution in [3.05, 3.63) is 29.7 Å². The fourth-order valence-corrected chi connectivity index (χ4v) is 2.80. The number of pyridine rings is 1. The average Bonchev–Trinajstić information content (AvgIpc) is 3.19. The molecule has 0 atom stereocenters. The zero-order valence-corrected chi connectivity index (χ0v) is 13.2. The second kappa shape index (κ2) is 5.32. The zero-order chi connectivity index (χ0) is 16.7. The van der Waals surface area contributed by atoms with Crippen LogP contribution in [0.5, 0.6) is 0 Å². The summed E-state index contributed by atoms with van der Waals surface area (Å²) in [5, 5.41) is 30.1. The highest BCUT2D eigenvalue weighted by Gasteiger charge is 2.54. The summed E-state index contributed by atoms with van der Waals surface area (Å²) in [6.45, 7) is 3.72. The van der Waals surface area contributed by atoms with Crippen molar-refractivity contribution >= 4 is 11.6 Å². The number of fused-ring (bicyclic) bond motifs is 1. The van der Waals surface area contributed by atoms with Gasteiger partial charge >= 0.3 is 0 Å². The molecule has 0 aromatic carbocycles. The largest absolute Gasteiger partial charge is 0.386 e. The number of carbonyl (C=O) groups is 1. The molecule has 2 aromatic rings. The lowest BCUT2D eigenvalue weighted by Gasteiger charge is -2.18.